The Bertz CT molecular complexity index is 402. The number of nitrogens with zero attached hydrogens (tertiary/aromatic N) is 1. The zero-order valence-corrected chi connectivity index (χ0v) is 12.8. The number of rotatable bonds is 6. The summed E-state index contributed by atoms with van der Waals surface area (Å²) in [7, 11) is 0. The zero-order chi connectivity index (χ0) is 14.6. The van der Waals surface area contributed by atoms with Crippen LogP contribution in [0.15, 0.2) is 18.2 Å². The fraction of sp³-hybridized carbons (Fsp3) is 0.625. The van der Waals surface area contributed by atoms with Crippen LogP contribution >= 0.6 is 0 Å². The first kappa shape index (κ1) is 16.1. The van der Waals surface area contributed by atoms with Crippen LogP contribution in [0.1, 0.15) is 44.9 Å². The van der Waals surface area contributed by atoms with Crippen molar-refractivity contribution in [2.24, 2.45) is 11.7 Å². The monoisotopic (exact) mass is 266 g/mol. The van der Waals surface area contributed by atoms with Crippen LogP contribution in [0.3, 0.4) is 0 Å². The van der Waals surface area contributed by atoms with E-state index in [0.29, 0.717) is 18.5 Å². The molecule has 3 heteroatoms. The summed E-state index contributed by atoms with van der Waals surface area (Å²) in [4.78, 5) is 2.37. The van der Waals surface area contributed by atoms with Crippen LogP contribution < -0.4 is 5.73 Å². The van der Waals surface area contributed by atoms with Crippen LogP contribution in [0.4, 0.5) is 4.39 Å². The van der Waals surface area contributed by atoms with E-state index in [2.05, 4.69) is 32.6 Å². The molecule has 0 saturated heterocycles. The maximum absolute atomic E-state index is 13.5. The number of hydrogen-bond acceptors (Lipinski definition) is 2. The van der Waals surface area contributed by atoms with Crippen LogP contribution in [-0.2, 0) is 0 Å². The Labute approximate surface area is 116 Å². The predicted molar refractivity (Wildman–Crippen MR) is 79.6 cm³/mol. The molecule has 2 nitrogen and oxygen atoms in total. The maximum atomic E-state index is 13.5. The summed E-state index contributed by atoms with van der Waals surface area (Å²) in [6.07, 6.45) is 0. The van der Waals surface area contributed by atoms with Gasteiger partial charge >= 0.3 is 0 Å². The van der Waals surface area contributed by atoms with E-state index in [9.17, 15) is 4.39 Å². The molecule has 1 aromatic rings. The van der Waals surface area contributed by atoms with Crippen molar-refractivity contribution in [1.82, 2.24) is 4.90 Å². The van der Waals surface area contributed by atoms with E-state index >= 15 is 0 Å². The van der Waals surface area contributed by atoms with Gasteiger partial charge in [0.25, 0.3) is 0 Å². The lowest BCUT2D eigenvalue weighted by atomic mass is 9.97. The average molecular weight is 266 g/mol. The fourth-order valence-corrected chi connectivity index (χ4v) is 2.53. The Morgan fingerprint density at radius 2 is 1.84 bits per heavy atom. The van der Waals surface area contributed by atoms with E-state index < -0.39 is 0 Å². The molecular formula is C16H27FN2. The van der Waals surface area contributed by atoms with Crippen LogP contribution in [0, 0.1) is 18.7 Å². The van der Waals surface area contributed by atoms with Crippen LogP contribution in [0.2, 0.25) is 0 Å². The SMILES string of the molecule is Cc1ccc(F)cc1C(CN)N(CC(C)C)C(C)C. The van der Waals surface area contributed by atoms with E-state index in [1.807, 2.05) is 13.0 Å². The molecular weight excluding hydrogens is 239 g/mol. The molecule has 19 heavy (non-hydrogen) atoms. The second-order valence-corrected chi connectivity index (χ2v) is 5.94. The van der Waals surface area contributed by atoms with Gasteiger partial charge in [0.05, 0.1) is 0 Å². The van der Waals surface area contributed by atoms with Crippen molar-refractivity contribution < 1.29 is 4.39 Å². The molecule has 0 bridgehead atoms. The number of aryl methyl sites for hydroxylation is 1. The van der Waals surface area contributed by atoms with Gasteiger partial charge < -0.3 is 5.73 Å². The zero-order valence-electron chi connectivity index (χ0n) is 12.8. The molecule has 0 spiro atoms. The van der Waals surface area contributed by atoms with Gasteiger partial charge in [-0.1, -0.05) is 19.9 Å². The Kier molecular flexibility index (Phi) is 5.95. The molecule has 0 aliphatic carbocycles. The van der Waals surface area contributed by atoms with Gasteiger partial charge in [-0.15, -0.1) is 0 Å². The molecule has 2 N–H and O–H groups in total. The molecule has 0 fully saturated rings. The summed E-state index contributed by atoms with van der Waals surface area (Å²) >= 11 is 0. The third kappa shape index (κ3) is 4.29. The average Bonchev–Trinajstić information content (AvgIpc) is 2.32. The summed E-state index contributed by atoms with van der Waals surface area (Å²) in [5, 5.41) is 0. The van der Waals surface area contributed by atoms with E-state index in [4.69, 9.17) is 5.73 Å². The molecule has 0 aliphatic rings. The number of nitrogens with two attached hydrogens (primary N) is 1. The first-order valence-corrected chi connectivity index (χ1v) is 7.08. The lowest BCUT2D eigenvalue weighted by Gasteiger charge is -2.36. The number of benzene rings is 1. The van der Waals surface area contributed by atoms with Gasteiger partial charge in [0, 0.05) is 25.2 Å². The summed E-state index contributed by atoms with van der Waals surface area (Å²) in [5.41, 5.74) is 8.09. The minimum atomic E-state index is -0.188. The summed E-state index contributed by atoms with van der Waals surface area (Å²) < 4.78 is 13.5. The van der Waals surface area contributed by atoms with E-state index in [1.165, 1.54) is 6.07 Å². The molecule has 0 amide bonds. The largest absolute Gasteiger partial charge is 0.329 e. The Morgan fingerprint density at radius 1 is 1.21 bits per heavy atom. The Hall–Kier alpha value is -0.930. The summed E-state index contributed by atoms with van der Waals surface area (Å²) in [5.74, 6) is 0.373. The van der Waals surface area contributed by atoms with Gasteiger partial charge in [-0.3, -0.25) is 4.90 Å². The molecule has 1 unspecified atom stereocenters. The summed E-state index contributed by atoms with van der Waals surface area (Å²) in [6, 6.07) is 5.44. The molecule has 0 aromatic heterocycles. The van der Waals surface area contributed by atoms with Crippen molar-refractivity contribution in [2.45, 2.75) is 46.7 Å². The number of hydrogen-bond donors (Lipinski definition) is 1. The van der Waals surface area contributed by atoms with Gasteiger partial charge in [-0.25, -0.2) is 4.39 Å². The highest BCUT2D eigenvalue weighted by molar-refractivity contribution is 5.30. The van der Waals surface area contributed by atoms with Crippen molar-refractivity contribution in [3.05, 3.63) is 35.1 Å². The second kappa shape index (κ2) is 7.01. The molecule has 1 rings (SSSR count). The highest BCUT2D eigenvalue weighted by Gasteiger charge is 2.24. The molecule has 0 saturated carbocycles. The Balaban J connectivity index is 3.11. The molecule has 0 aliphatic heterocycles. The highest BCUT2D eigenvalue weighted by atomic mass is 19.1. The van der Waals surface area contributed by atoms with Gasteiger partial charge in [-0.2, -0.15) is 0 Å². The first-order valence-electron chi connectivity index (χ1n) is 7.08. The first-order chi connectivity index (χ1) is 8.86. The highest BCUT2D eigenvalue weighted by Crippen LogP contribution is 2.26. The van der Waals surface area contributed by atoms with Crippen LogP contribution in [0.5, 0.6) is 0 Å². The third-order valence-electron chi connectivity index (χ3n) is 3.46. The van der Waals surface area contributed by atoms with Gasteiger partial charge in [0.2, 0.25) is 0 Å². The lowest BCUT2D eigenvalue weighted by Crippen LogP contribution is -2.41. The number of halogens is 1. The topological polar surface area (TPSA) is 29.3 Å². The van der Waals surface area contributed by atoms with Crippen molar-refractivity contribution >= 4 is 0 Å². The molecule has 1 atom stereocenters. The quantitative estimate of drug-likeness (QED) is 0.854. The lowest BCUT2D eigenvalue weighted by molar-refractivity contribution is 0.138. The predicted octanol–water partition coefficient (Wildman–Crippen LogP) is 3.50. The van der Waals surface area contributed by atoms with Gasteiger partial charge in [0.15, 0.2) is 0 Å². The smallest absolute Gasteiger partial charge is 0.123 e. The van der Waals surface area contributed by atoms with E-state index in [0.717, 1.165) is 17.7 Å². The summed E-state index contributed by atoms with van der Waals surface area (Å²) in [6.45, 7) is 12.2. The van der Waals surface area contributed by atoms with Gasteiger partial charge in [0.1, 0.15) is 5.82 Å². The van der Waals surface area contributed by atoms with Crippen molar-refractivity contribution in [2.75, 3.05) is 13.1 Å². The van der Waals surface area contributed by atoms with Crippen LogP contribution in [0.25, 0.3) is 0 Å². The minimum Gasteiger partial charge on any atom is -0.329 e. The van der Waals surface area contributed by atoms with Crippen molar-refractivity contribution in [3.8, 4) is 0 Å². The standard InChI is InChI=1S/C16H27FN2/c1-11(2)10-19(12(3)4)16(9-18)15-8-14(17)7-6-13(15)5/h6-8,11-12,16H,9-10,18H2,1-5H3. The van der Waals surface area contributed by atoms with Crippen molar-refractivity contribution in [1.29, 1.82) is 0 Å². The molecule has 1 aromatic carbocycles. The van der Waals surface area contributed by atoms with Crippen LogP contribution in [-0.4, -0.2) is 24.0 Å². The van der Waals surface area contributed by atoms with E-state index in [-0.39, 0.29) is 11.9 Å². The van der Waals surface area contributed by atoms with Crippen molar-refractivity contribution in [3.63, 3.8) is 0 Å². The maximum Gasteiger partial charge on any atom is 0.123 e. The fourth-order valence-electron chi connectivity index (χ4n) is 2.53. The normalized spacial score (nSPS) is 13.6. The minimum absolute atomic E-state index is 0.0816. The molecule has 0 radical (unpaired) electrons. The molecule has 0 heterocycles. The molecule has 108 valence electrons. The van der Waals surface area contributed by atoms with Gasteiger partial charge in [-0.05, 0) is 49.9 Å². The van der Waals surface area contributed by atoms with E-state index in [1.54, 1.807) is 6.07 Å². The second-order valence-electron chi connectivity index (χ2n) is 5.94. The third-order valence-corrected chi connectivity index (χ3v) is 3.46. The Morgan fingerprint density at radius 3 is 2.32 bits per heavy atom.